The molecule has 0 saturated carbocycles. The third-order valence-electron chi connectivity index (χ3n) is 4.64. The number of hydrogen-bond donors (Lipinski definition) is 1. The van der Waals surface area contributed by atoms with Gasteiger partial charge in [-0.15, -0.1) is 24.0 Å². The zero-order valence-corrected chi connectivity index (χ0v) is 19.8. The standard InChI is InChI=1S/C21H35N3O3.HI/c1-4-22-21(23-16-18-7-5-8-19(15-18)17-26-3)24-11-9-20(10-12-24)27-14-6-13-25-2;/h5,7-8,15,20H,4,6,9-14,16-17H2,1-3H3,(H,22,23);1H. The number of likely N-dealkylation sites (tertiary alicyclic amines) is 1. The lowest BCUT2D eigenvalue weighted by atomic mass is 10.1. The zero-order chi connectivity index (χ0) is 19.3. The molecule has 1 fully saturated rings. The van der Waals surface area contributed by atoms with Crippen LogP contribution in [0.5, 0.6) is 0 Å². The van der Waals surface area contributed by atoms with Crippen molar-refractivity contribution in [3.05, 3.63) is 35.4 Å². The van der Waals surface area contributed by atoms with E-state index in [9.17, 15) is 0 Å². The first kappa shape index (κ1) is 25.1. The number of hydrogen-bond acceptors (Lipinski definition) is 4. The van der Waals surface area contributed by atoms with E-state index in [0.29, 0.717) is 19.3 Å². The van der Waals surface area contributed by atoms with Crippen LogP contribution in [-0.2, 0) is 27.4 Å². The van der Waals surface area contributed by atoms with Crippen LogP contribution in [0.3, 0.4) is 0 Å². The maximum Gasteiger partial charge on any atom is 0.194 e. The Morgan fingerprint density at radius 1 is 1.14 bits per heavy atom. The van der Waals surface area contributed by atoms with Gasteiger partial charge >= 0.3 is 0 Å². The minimum absolute atomic E-state index is 0. The summed E-state index contributed by atoms with van der Waals surface area (Å²) < 4.78 is 16.2. The van der Waals surface area contributed by atoms with Gasteiger partial charge in [-0.3, -0.25) is 0 Å². The number of methoxy groups -OCH3 is 2. The van der Waals surface area contributed by atoms with Crippen molar-refractivity contribution in [2.75, 3.05) is 47.1 Å². The summed E-state index contributed by atoms with van der Waals surface area (Å²) in [6.45, 7) is 7.79. The summed E-state index contributed by atoms with van der Waals surface area (Å²) in [6, 6.07) is 8.43. The number of aliphatic imine (C=N–C) groups is 1. The van der Waals surface area contributed by atoms with E-state index in [0.717, 1.165) is 58.1 Å². The van der Waals surface area contributed by atoms with Gasteiger partial charge < -0.3 is 24.4 Å². The van der Waals surface area contributed by atoms with Crippen molar-refractivity contribution in [3.63, 3.8) is 0 Å². The van der Waals surface area contributed by atoms with Crippen LogP contribution in [0, 0.1) is 0 Å². The first-order chi connectivity index (χ1) is 13.3. The third kappa shape index (κ3) is 9.07. The second-order valence-electron chi connectivity index (χ2n) is 6.83. The summed E-state index contributed by atoms with van der Waals surface area (Å²) in [7, 11) is 3.45. The quantitative estimate of drug-likeness (QED) is 0.229. The van der Waals surface area contributed by atoms with Crippen LogP contribution < -0.4 is 5.32 Å². The Morgan fingerprint density at radius 2 is 1.89 bits per heavy atom. The lowest BCUT2D eigenvalue weighted by Crippen LogP contribution is -2.47. The molecule has 0 spiro atoms. The van der Waals surface area contributed by atoms with Gasteiger partial charge in [-0.25, -0.2) is 4.99 Å². The van der Waals surface area contributed by atoms with E-state index in [4.69, 9.17) is 19.2 Å². The van der Waals surface area contributed by atoms with Gasteiger partial charge in [0.2, 0.25) is 0 Å². The summed E-state index contributed by atoms with van der Waals surface area (Å²) in [5.74, 6) is 0.993. The van der Waals surface area contributed by atoms with Crippen LogP contribution >= 0.6 is 24.0 Å². The highest BCUT2D eigenvalue weighted by atomic mass is 127. The number of halogens is 1. The van der Waals surface area contributed by atoms with Gasteiger partial charge in [-0.1, -0.05) is 24.3 Å². The number of ether oxygens (including phenoxy) is 3. The van der Waals surface area contributed by atoms with E-state index in [1.807, 2.05) is 0 Å². The van der Waals surface area contributed by atoms with Crippen molar-refractivity contribution in [1.29, 1.82) is 0 Å². The van der Waals surface area contributed by atoms with E-state index in [1.165, 1.54) is 11.1 Å². The lowest BCUT2D eigenvalue weighted by Gasteiger charge is -2.34. The van der Waals surface area contributed by atoms with E-state index in [1.54, 1.807) is 14.2 Å². The SMILES string of the molecule is CCNC(=NCc1cccc(COC)c1)N1CCC(OCCCOC)CC1.I. The monoisotopic (exact) mass is 505 g/mol. The van der Waals surface area contributed by atoms with Gasteiger partial charge in [-0.2, -0.15) is 0 Å². The Hall–Kier alpha value is -0.900. The normalized spacial score (nSPS) is 15.4. The van der Waals surface area contributed by atoms with Crippen LogP contribution in [-0.4, -0.2) is 64.0 Å². The molecule has 0 unspecified atom stereocenters. The maximum absolute atomic E-state index is 5.96. The van der Waals surface area contributed by atoms with Gasteiger partial charge in [0.15, 0.2) is 5.96 Å². The maximum atomic E-state index is 5.96. The largest absolute Gasteiger partial charge is 0.385 e. The van der Waals surface area contributed by atoms with Crippen molar-refractivity contribution in [3.8, 4) is 0 Å². The summed E-state index contributed by atoms with van der Waals surface area (Å²) in [5, 5.41) is 3.43. The van der Waals surface area contributed by atoms with Gasteiger partial charge in [0.05, 0.1) is 19.3 Å². The highest BCUT2D eigenvalue weighted by Gasteiger charge is 2.21. The molecule has 28 heavy (non-hydrogen) atoms. The Kier molecular flexibility index (Phi) is 13.5. The Labute approximate surface area is 187 Å². The van der Waals surface area contributed by atoms with E-state index in [2.05, 4.69) is 41.4 Å². The molecule has 7 heteroatoms. The average molecular weight is 505 g/mol. The van der Waals surface area contributed by atoms with Crippen molar-refractivity contribution >= 4 is 29.9 Å². The van der Waals surface area contributed by atoms with Crippen LogP contribution in [0.1, 0.15) is 37.3 Å². The summed E-state index contributed by atoms with van der Waals surface area (Å²) in [6.07, 6.45) is 3.40. The molecule has 1 saturated heterocycles. The Balaban J connectivity index is 0.00000392. The molecule has 2 rings (SSSR count). The number of nitrogens with zero attached hydrogens (tertiary/aromatic N) is 2. The topological polar surface area (TPSA) is 55.3 Å². The molecule has 1 heterocycles. The average Bonchev–Trinajstić information content (AvgIpc) is 2.70. The molecule has 1 aliphatic rings. The molecular weight excluding hydrogens is 469 g/mol. The van der Waals surface area contributed by atoms with E-state index < -0.39 is 0 Å². The molecule has 1 aliphatic heterocycles. The first-order valence-electron chi connectivity index (χ1n) is 9.97. The Bertz CT molecular complexity index is 564. The van der Waals surface area contributed by atoms with Gasteiger partial charge in [-0.05, 0) is 37.3 Å². The molecule has 0 aliphatic carbocycles. The molecule has 0 atom stereocenters. The highest BCUT2D eigenvalue weighted by molar-refractivity contribution is 14.0. The van der Waals surface area contributed by atoms with Crippen LogP contribution in [0.4, 0.5) is 0 Å². The lowest BCUT2D eigenvalue weighted by molar-refractivity contribution is 0.00990. The molecule has 160 valence electrons. The van der Waals surface area contributed by atoms with Gasteiger partial charge in [0, 0.05) is 47.1 Å². The fraction of sp³-hybridized carbons (Fsp3) is 0.667. The molecule has 1 aromatic carbocycles. The van der Waals surface area contributed by atoms with Crippen molar-refractivity contribution in [1.82, 2.24) is 10.2 Å². The first-order valence-corrected chi connectivity index (χ1v) is 9.97. The fourth-order valence-corrected chi connectivity index (χ4v) is 3.26. The number of nitrogens with one attached hydrogen (secondary N) is 1. The highest BCUT2D eigenvalue weighted by Crippen LogP contribution is 2.15. The molecule has 0 bridgehead atoms. The van der Waals surface area contributed by atoms with E-state index >= 15 is 0 Å². The minimum Gasteiger partial charge on any atom is -0.385 e. The van der Waals surface area contributed by atoms with E-state index in [-0.39, 0.29) is 24.0 Å². The molecule has 1 N–H and O–H groups in total. The van der Waals surface area contributed by atoms with Crippen LogP contribution in [0.2, 0.25) is 0 Å². The third-order valence-corrected chi connectivity index (χ3v) is 4.64. The van der Waals surface area contributed by atoms with Gasteiger partial charge in [0.1, 0.15) is 0 Å². The fourth-order valence-electron chi connectivity index (χ4n) is 3.26. The van der Waals surface area contributed by atoms with Crippen LogP contribution in [0.15, 0.2) is 29.3 Å². The molecular formula is C21H36IN3O3. The second kappa shape index (κ2) is 15.0. The van der Waals surface area contributed by atoms with Crippen molar-refractivity contribution in [2.45, 2.75) is 45.4 Å². The minimum atomic E-state index is 0. The van der Waals surface area contributed by atoms with Gasteiger partial charge in [0.25, 0.3) is 0 Å². The molecule has 6 nitrogen and oxygen atoms in total. The number of benzene rings is 1. The molecule has 0 amide bonds. The number of rotatable bonds is 10. The van der Waals surface area contributed by atoms with Crippen molar-refractivity contribution in [2.24, 2.45) is 4.99 Å². The Morgan fingerprint density at radius 3 is 2.57 bits per heavy atom. The summed E-state index contributed by atoms with van der Waals surface area (Å²) in [4.78, 5) is 7.20. The van der Waals surface area contributed by atoms with Crippen molar-refractivity contribution < 1.29 is 14.2 Å². The second-order valence-corrected chi connectivity index (χ2v) is 6.83. The smallest absolute Gasteiger partial charge is 0.194 e. The number of guanidine groups is 1. The number of piperidine rings is 1. The summed E-state index contributed by atoms with van der Waals surface area (Å²) in [5.41, 5.74) is 2.39. The molecule has 0 radical (unpaired) electrons. The predicted molar refractivity (Wildman–Crippen MR) is 124 cm³/mol. The zero-order valence-electron chi connectivity index (χ0n) is 17.5. The summed E-state index contributed by atoms with van der Waals surface area (Å²) >= 11 is 0. The molecule has 0 aromatic heterocycles. The van der Waals surface area contributed by atoms with Crippen LogP contribution in [0.25, 0.3) is 0 Å². The predicted octanol–water partition coefficient (Wildman–Crippen LogP) is 3.43. The molecule has 1 aromatic rings.